The lowest BCUT2D eigenvalue weighted by molar-refractivity contribution is -0.274. The number of nitrogens with one attached hydrogen (secondary N) is 1. The molecule has 1 aromatic carbocycles. The molecule has 1 fully saturated rings. The van der Waals surface area contributed by atoms with Crippen molar-refractivity contribution in [3.63, 3.8) is 0 Å². The minimum atomic E-state index is -4.81. The summed E-state index contributed by atoms with van der Waals surface area (Å²) in [5.74, 6) is -0.377. The van der Waals surface area contributed by atoms with Gasteiger partial charge in [-0.1, -0.05) is 23.5 Å². The fraction of sp³-hybridized carbons (Fsp3) is 0.429. The van der Waals surface area contributed by atoms with Crippen molar-refractivity contribution in [1.82, 2.24) is 15.5 Å². The summed E-state index contributed by atoms with van der Waals surface area (Å²) >= 11 is 0.947. The van der Waals surface area contributed by atoms with Crippen LogP contribution in [0.25, 0.3) is 10.6 Å². The van der Waals surface area contributed by atoms with Gasteiger partial charge in [-0.3, -0.25) is 0 Å². The van der Waals surface area contributed by atoms with Gasteiger partial charge >= 0.3 is 6.36 Å². The van der Waals surface area contributed by atoms with Crippen LogP contribution < -0.4 is 10.1 Å². The molecule has 1 aromatic heterocycles. The Kier molecular flexibility index (Phi) is 4.24. The minimum absolute atomic E-state index is 0.127. The third kappa shape index (κ3) is 3.61. The Balaban J connectivity index is 1.92. The maximum atomic E-state index is 14.8. The molecule has 0 amide bonds. The summed E-state index contributed by atoms with van der Waals surface area (Å²) in [6.07, 6.45) is -3.83. The molecule has 1 N–H and O–H groups in total. The van der Waals surface area contributed by atoms with Crippen LogP contribution >= 0.6 is 11.3 Å². The first-order valence-corrected chi connectivity index (χ1v) is 7.78. The van der Waals surface area contributed by atoms with E-state index in [2.05, 4.69) is 20.3 Å². The molecule has 1 unspecified atom stereocenters. The smallest absolute Gasteiger partial charge is 0.405 e. The van der Waals surface area contributed by atoms with Gasteiger partial charge in [0, 0.05) is 6.54 Å². The van der Waals surface area contributed by atoms with E-state index in [-0.39, 0.29) is 27.9 Å². The molecule has 2 aromatic rings. The third-order valence-corrected chi connectivity index (χ3v) is 4.62. The molecule has 0 aliphatic carbocycles. The van der Waals surface area contributed by atoms with E-state index in [0.29, 0.717) is 12.8 Å². The molecule has 0 bridgehead atoms. The SMILES string of the molecule is FC(F)(F)Oc1ccccc1-c1nnc(C2(F)CCCNC2)s1. The van der Waals surface area contributed by atoms with E-state index < -0.39 is 12.0 Å². The number of rotatable bonds is 3. The molecule has 0 spiro atoms. The standard InChI is InChI=1S/C14H13F4N3OS/c15-13(6-3-7-19-8-13)12-21-20-11(23-12)9-4-1-2-5-10(9)22-14(16,17)18/h1-2,4-5,19H,3,6-8H2. The van der Waals surface area contributed by atoms with E-state index in [0.717, 1.165) is 17.9 Å². The summed E-state index contributed by atoms with van der Waals surface area (Å²) in [6, 6.07) is 5.62. The minimum Gasteiger partial charge on any atom is -0.405 e. The first kappa shape index (κ1) is 16.1. The number of hydrogen-bond donors (Lipinski definition) is 1. The molecular weight excluding hydrogens is 334 g/mol. The van der Waals surface area contributed by atoms with Crippen molar-refractivity contribution >= 4 is 11.3 Å². The lowest BCUT2D eigenvalue weighted by atomic mass is 9.97. The number of piperidine rings is 1. The van der Waals surface area contributed by atoms with Crippen LogP contribution in [-0.4, -0.2) is 29.6 Å². The first-order valence-electron chi connectivity index (χ1n) is 6.96. The molecule has 23 heavy (non-hydrogen) atoms. The second kappa shape index (κ2) is 6.04. The van der Waals surface area contributed by atoms with E-state index in [4.69, 9.17) is 0 Å². The molecule has 0 saturated carbocycles. The Hall–Kier alpha value is -1.74. The molecule has 124 valence electrons. The van der Waals surface area contributed by atoms with Crippen LogP contribution in [-0.2, 0) is 5.67 Å². The van der Waals surface area contributed by atoms with Gasteiger partial charge in [-0.05, 0) is 31.5 Å². The van der Waals surface area contributed by atoms with Crippen molar-refractivity contribution in [3.8, 4) is 16.3 Å². The topological polar surface area (TPSA) is 47.0 Å². The second-order valence-electron chi connectivity index (χ2n) is 5.20. The van der Waals surface area contributed by atoms with Crippen LogP contribution in [0.15, 0.2) is 24.3 Å². The summed E-state index contributed by atoms with van der Waals surface area (Å²) in [4.78, 5) is 0. The predicted octanol–water partition coefficient (Wildman–Crippen LogP) is 3.65. The highest BCUT2D eigenvalue weighted by Gasteiger charge is 2.38. The van der Waals surface area contributed by atoms with Crippen molar-refractivity contribution < 1.29 is 22.3 Å². The lowest BCUT2D eigenvalue weighted by Gasteiger charge is -2.27. The monoisotopic (exact) mass is 347 g/mol. The maximum absolute atomic E-state index is 14.8. The summed E-state index contributed by atoms with van der Waals surface area (Å²) in [5.41, 5.74) is -1.49. The van der Waals surface area contributed by atoms with Gasteiger partial charge in [0.25, 0.3) is 0 Å². The van der Waals surface area contributed by atoms with Crippen molar-refractivity contribution in [1.29, 1.82) is 0 Å². The van der Waals surface area contributed by atoms with E-state index in [1.807, 2.05) is 0 Å². The van der Waals surface area contributed by atoms with E-state index in [1.54, 1.807) is 6.07 Å². The lowest BCUT2D eigenvalue weighted by Crippen LogP contribution is -2.40. The number of aromatic nitrogens is 2. The summed E-state index contributed by atoms with van der Waals surface area (Å²) in [5, 5.41) is 11.0. The van der Waals surface area contributed by atoms with Crippen molar-refractivity contribution in [3.05, 3.63) is 29.3 Å². The number of halogens is 4. The van der Waals surface area contributed by atoms with Crippen LogP contribution in [0.3, 0.4) is 0 Å². The van der Waals surface area contributed by atoms with Gasteiger partial charge in [0.2, 0.25) is 0 Å². The number of para-hydroxylation sites is 1. The number of nitrogens with zero attached hydrogens (tertiary/aromatic N) is 2. The molecule has 9 heteroatoms. The predicted molar refractivity (Wildman–Crippen MR) is 76.9 cm³/mol. The van der Waals surface area contributed by atoms with Crippen LogP contribution in [0.4, 0.5) is 17.6 Å². The van der Waals surface area contributed by atoms with Gasteiger partial charge in [-0.2, -0.15) is 0 Å². The third-order valence-electron chi connectivity index (χ3n) is 3.48. The zero-order valence-electron chi connectivity index (χ0n) is 11.9. The van der Waals surface area contributed by atoms with E-state index in [1.165, 1.54) is 18.2 Å². The van der Waals surface area contributed by atoms with Crippen LogP contribution in [0, 0.1) is 0 Å². The molecule has 1 atom stereocenters. The van der Waals surface area contributed by atoms with Gasteiger partial charge in [0.1, 0.15) is 5.75 Å². The number of ether oxygens (including phenoxy) is 1. The highest BCUT2D eigenvalue weighted by molar-refractivity contribution is 7.14. The Morgan fingerprint density at radius 2 is 2.00 bits per heavy atom. The molecule has 1 saturated heterocycles. The molecule has 1 aliphatic rings. The molecule has 4 nitrogen and oxygen atoms in total. The van der Waals surface area contributed by atoms with Crippen LogP contribution in [0.5, 0.6) is 5.75 Å². The van der Waals surface area contributed by atoms with Gasteiger partial charge in [0.05, 0.1) is 5.56 Å². The first-order chi connectivity index (χ1) is 10.9. The molecule has 0 radical (unpaired) electrons. The van der Waals surface area contributed by atoms with Crippen LogP contribution in [0.1, 0.15) is 17.8 Å². The molecule has 1 aliphatic heterocycles. The highest BCUT2D eigenvalue weighted by Crippen LogP contribution is 2.40. The highest BCUT2D eigenvalue weighted by atomic mass is 32.1. The zero-order chi connectivity index (χ0) is 16.5. The average Bonchev–Trinajstić information content (AvgIpc) is 2.97. The zero-order valence-corrected chi connectivity index (χ0v) is 12.7. The summed E-state index contributed by atoms with van der Waals surface area (Å²) in [7, 11) is 0. The summed E-state index contributed by atoms with van der Waals surface area (Å²) < 4.78 is 56.3. The largest absolute Gasteiger partial charge is 0.573 e. The maximum Gasteiger partial charge on any atom is 0.573 e. The quantitative estimate of drug-likeness (QED) is 0.861. The Morgan fingerprint density at radius 1 is 1.22 bits per heavy atom. The van der Waals surface area contributed by atoms with Gasteiger partial charge in [0.15, 0.2) is 15.7 Å². The van der Waals surface area contributed by atoms with Crippen molar-refractivity contribution in [2.45, 2.75) is 24.9 Å². The second-order valence-corrected chi connectivity index (χ2v) is 6.18. The number of hydrogen-bond acceptors (Lipinski definition) is 5. The normalized spacial score (nSPS) is 22.1. The van der Waals surface area contributed by atoms with E-state index >= 15 is 0 Å². The van der Waals surface area contributed by atoms with Gasteiger partial charge in [-0.15, -0.1) is 23.4 Å². The number of alkyl halides is 4. The van der Waals surface area contributed by atoms with Crippen LogP contribution in [0.2, 0.25) is 0 Å². The van der Waals surface area contributed by atoms with E-state index in [9.17, 15) is 17.6 Å². The van der Waals surface area contributed by atoms with Gasteiger partial charge in [-0.25, -0.2) is 4.39 Å². The Labute approximate surface area is 133 Å². The fourth-order valence-electron chi connectivity index (χ4n) is 2.42. The number of benzene rings is 1. The Morgan fingerprint density at radius 3 is 2.70 bits per heavy atom. The molecular formula is C14H13F4N3OS. The molecule has 2 heterocycles. The fourth-order valence-corrected chi connectivity index (χ4v) is 3.40. The molecule has 3 rings (SSSR count). The van der Waals surface area contributed by atoms with Crippen molar-refractivity contribution in [2.24, 2.45) is 0 Å². The average molecular weight is 347 g/mol. The Bertz CT molecular complexity index is 683. The summed E-state index contributed by atoms with van der Waals surface area (Å²) in [6.45, 7) is 0.863. The van der Waals surface area contributed by atoms with Crippen molar-refractivity contribution in [2.75, 3.05) is 13.1 Å². The van der Waals surface area contributed by atoms with Gasteiger partial charge < -0.3 is 10.1 Å².